The zero-order valence-electron chi connectivity index (χ0n) is 66.2. The van der Waals surface area contributed by atoms with E-state index in [1.54, 1.807) is 0 Å². The second kappa shape index (κ2) is 73.6. The molecule has 0 saturated heterocycles. The number of phosphoric ester groups is 2. The Labute approximate surface area is 619 Å². The Kier molecular flexibility index (Phi) is 72.2. The summed E-state index contributed by atoms with van der Waals surface area (Å²) < 4.78 is 68.7. The highest BCUT2D eigenvalue weighted by Crippen LogP contribution is 2.45. The summed E-state index contributed by atoms with van der Waals surface area (Å²) in [6.45, 7) is 9.63. The first kappa shape index (κ1) is 99.1. The van der Waals surface area contributed by atoms with Crippen LogP contribution in [0.15, 0.2) is 0 Å². The van der Waals surface area contributed by atoms with Gasteiger partial charge in [-0.2, -0.15) is 0 Å². The number of carbonyl (C=O) groups excluding carboxylic acids is 4. The first-order valence-corrected chi connectivity index (χ1v) is 45.5. The Bertz CT molecular complexity index is 1940. The van der Waals surface area contributed by atoms with Crippen molar-refractivity contribution in [2.45, 2.75) is 452 Å². The molecule has 0 heterocycles. The van der Waals surface area contributed by atoms with E-state index < -0.39 is 97.5 Å². The van der Waals surface area contributed by atoms with Gasteiger partial charge in [0.1, 0.15) is 19.3 Å². The van der Waals surface area contributed by atoms with E-state index in [9.17, 15) is 43.2 Å². The van der Waals surface area contributed by atoms with Crippen LogP contribution in [-0.4, -0.2) is 96.7 Å². The fraction of sp³-hybridized carbons (Fsp3) is 0.951. The molecule has 2 unspecified atom stereocenters. The minimum Gasteiger partial charge on any atom is -0.462 e. The Morgan fingerprint density at radius 1 is 0.267 bits per heavy atom. The summed E-state index contributed by atoms with van der Waals surface area (Å²) in [5.41, 5.74) is 0. The fourth-order valence-corrected chi connectivity index (χ4v) is 14.3. The lowest BCUT2D eigenvalue weighted by Crippen LogP contribution is -2.30. The van der Waals surface area contributed by atoms with E-state index in [1.165, 1.54) is 250 Å². The van der Waals surface area contributed by atoms with Crippen molar-refractivity contribution >= 4 is 39.5 Å². The van der Waals surface area contributed by atoms with Crippen LogP contribution < -0.4 is 0 Å². The molecule has 0 aliphatic carbocycles. The molecule has 0 aliphatic heterocycles. The number of ether oxygens (including phenoxy) is 4. The average Bonchev–Trinajstić information content (AvgIpc) is 0.940. The predicted molar refractivity (Wildman–Crippen MR) is 414 cm³/mol. The lowest BCUT2D eigenvalue weighted by atomic mass is 10.0. The van der Waals surface area contributed by atoms with E-state index in [-0.39, 0.29) is 25.7 Å². The average molecular weight is 1480 g/mol. The van der Waals surface area contributed by atoms with Crippen molar-refractivity contribution in [3.05, 3.63) is 0 Å². The molecular formula is C82H160O17P2. The number of hydrogen-bond donors (Lipinski definition) is 3. The van der Waals surface area contributed by atoms with Gasteiger partial charge in [-0.15, -0.1) is 0 Å². The van der Waals surface area contributed by atoms with Gasteiger partial charge >= 0.3 is 39.5 Å². The Morgan fingerprint density at radius 2 is 0.455 bits per heavy atom. The molecule has 0 saturated carbocycles. The van der Waals surface area contributed by atoms with Gasteiger partial charge in [0.2, 0.25) is 0 Å². The number of hydrogen-bond acceptors (Lipinski definition) is 15. The molecule has 0 spiro atoms. The van der Waals surface area contributed by atoms with Gasteiger partial charge in [-0.1, -0.05) is 382 Å². The Morgan fingerprint density at radius 3 is 0.673 bits per heavy atom. The number of aliphatic hydroxyl groups is 1. The highest BCUT2D eigenvalue weighted by Gasteiger charge is 2.30. The van der Waals surface area contributed by atoms with E-state index >= 15 is 0 Å². The SMILES string of the molecule is CCCCCCCCCCCCCCCCCCCCCCCC(=O)O[C@H](COC(=O)CCCCCCCCCCCCCCCCCCC(C)C)COP(=O)(O)OC[C@@H](O)COP(=O)(O)OC[C@@H](COC(=O)CCCCCCCCCCC)OC(=O)CCCCCCCCCCCC(C)C. The summed E-state index contributed by atoms with van der Waals surface area (Å²) in [4.78, 5) is 73.0. The molecule has 0 bridgehead atoms. The number of esters is 4. The molecule has 3 N–H and O–H groups in total. The van der Waals surface area contributed by atoms with Crippen LogP contribution >= 0.6 is 15.6 Å². The third-order valence-electron chi connectivity index (χ3n) is 19.2. The van der Waals surface area contributed by atoms with E-state index in [4.69, 9.17) is 37.0 Å². The van der Waals surface area contributed by atoms with Crippen LogP contribution in [0, 0.1) is 11.8 Å². The van der Waals surface area contributed by atoms with Crippen LogP contribution in [-0.2, 0) is 65.4 Å². The fourth-order valence-electron chi connectivity index (χ4n) is 12.7. The summed E-state index contributed by atoms with van der Waals surface area (Å²) in [5, 5.41) is 10.6. The summed E-state index contributed by atoms with van der Waals surface area (Å²) in [6.07, 6.45) is 64.0. The van der Waals surface area contributed by atoms with Crippen LogP contribution in [0.3, 0.4) is 0 Å². The topological polar surface area (TPSA) is 237 Å². The first-order chi connectivity index (χ1) is 48.9. The molecule has 600 valence electrons. The second-order valence-corrected chi connectivity index (χ2v) is 33.4. The second-order valence-electron chi connectivity index (χ2n) is 30.5. The molecule has 0 rings (SSSR count). The van der Waals surface area contributed by atoms with Crippen molar-refractivity contribution in [3.63, 3.8) is 0 Å². The lowest BCUT2D eigenvalue weighted by molar-refractivity contribution is -0.161. The van der Waals surface area contributed by atoms with E-state index in [0.717, 1.165) is 102 Å². The van der Waals surface area contributed by atoms with Gasteiger partial charge in [-0.25, -0.2) is 9.13 Å². The molecule has 101 heavy (non-hydrogen) atoms. The van der Waals surface area contributed by atoms with Gasteiger partial charge in [0.25, 0.3) is 0 Å². The number of carbonyl (C=O) groups is 4. The van der Waals surface area contributed by atoms with Crippen molar-refractivity contribution in [3.8, 4) is 0 Å². The maximum atomic E-state index is 13.1. The zero-order chi connectivity index (χ0) is 74.2. The number of rotatable bonds is 81. The van der Waals surface area contributed by atoms with E-state index in [1.807, 2.05) is 0 Å². The Balaban J connectivity index is 5.19. The zero-order valence-corrected chi connectivity index (χ0v) is 68.0. The quantitative estimate of drug-likeness (QED) is 0.0222. The van der Waals surface area contributed by atoms with Crippen LogP contribution in [0.4, 0.5) is 0 Å². The minimum absolute atomic E-state index is 0.106. The molecule has 0 aromatic heterocycles. The number of aliphatic hydroxyl groups excluding tert-OH is 1. The molecule has 0 radical (unpaired) electrons. The van der Waals surface area contributed by atoms with Crippen molar-refractivity contribution in [1.29, 1.82) is 0 Å². The number of unbranched alkanes of at least 4 members (excludes halogenated alkanes) is 51. The molecule has 0 aromatic rings. The van der Waals surface area contributed by atoms with Gasteiger partial charge in [0.15, 0.2) is 12.2 Å². The minimum atomic E-state index is -4.96. The smallest absolute Gasteiger partial charge is 0.462 e. The monoisotopic (exact) mass is 1480 g/mol. The first-order valence-electron chi connectivity index (χ1n) is 42.5. The van der Waals surface area contributed by atoms with Gasteiger partial charge in [-0.05, 0) is 37.5 Å². The number of phosphoric acid groups is 2. The predicted octanol–water partition coefficient (Wildman–Crippen LogP) is 24.7. The molecule has 5 atom stereocenters. The standard InChI is InChI=1S/C82H160O17P2/c1-7-9-11-13-15-17-18-19-20-21-22-23-24-25-30-33-36-42-48-54-60-66-81(86)98-78(71-93-80(85)65-59-53-47-41-35-32-29-27-26-28-31-34-39-44-50-56-62-74(3)4)73-97-101(90,91)95-69-76(83)68-94-100(88,89)96-72-77(70-92-79(84)64-58-52-46-38-16-14-12-10-8-2)99-82(87)67-61-55-49-43-37-40-45-51-57-63-75(5)6/h74-78,83H,7-73H2,1-6H3,(H,88,89)(H,90,91)/t76-,77+,78+/m0/s1. The summed E-state index contributed by atoms with van der Waals surface area (Å²) >= 11 is 0. The van der Waals surface area contributed by atoms with Crippen molar-refractivity contribution < 1.29 is 80.2 Å². The Hall–Kier alpha value is -1.94. The third kappa shape index (κ3) is 76.1. The normalized spacial score (nSPS) is 13.9. The molecule has 0 amide bonds. The van der Waals surface area contributed by atoms with Gasteiger partial charge in [0.05, 0.1) is 26.4 Å². The lowest BCUT2D eigenvalue weighted by Gasteiger charge is -2.21. The van der Waals surface area contributed by atoms with Gasteiger partial charge in [-0.3, -0.25) is 37.3 Å². The van der Waals surface area contributed by atoms with Crippen molar-refractivity contribution in [1.82, 2.24) is 0 Å². The van der Waals surface area contributed by atoms with Crippen LogP contribution in [0.1, 0.15) is 433 Å². The van der Waals surface area contributed by atoms with Crippen molar-refractivity contribution in [2.24, 2.45) is 11.8 Å². The van der Waals surface area contributed by atoms with Crippen molar-refractivity contribution in [2.75, 3.05) is 39.6 Å². The van der Waals surface area contributed by atoms with E-state index in [0.29, 0.717) is 25.7 Å². The van der Waals surface area contributed by atoms with E-state index in [2.05, 4.69) is 41.5 Å². The third-order valence-corrected chi connectivity index (χ3v) is 21.1. The summed E-state index contributed by atoms with van der Waals surface area (Å²) in [5.74, 6) is -0.561. The molecule has 0 fully saturated rings. The maximum absolute atomic E-state index is 13.1. The van der Waals surface area contributed by atoms with Gasteiger partial charge in [0, 0.05) is 25.7 Å². The maximum Gasteiger partial charge on any atom is 0.472 e. The molecule has 0 aromatic carbocycles. The molecule has 19 heteroatoms. The highest BCUT2D eigenvalue weighted by molar-refractivity contribution is 7.47. The molecular weight excluding hydrogens is 1320 g/mol. The van der Waals surface area contributed by atoms with Crippen LogP contribution in [0.2, 0.25) is 0 Å². The summed E-state index contributed by atoms with van der Waals surface area (Å²) in [7, 11) is -9.92. The molecule has 0 aliphatic rings. The van der Waals surface area contributed by atoms with Gasteiger partial charge < -0.3 is 33.8 Å². The molecule has 17 nitrogen and oxygen atoms in total. The van der Waals surface area contributed by atoms with Crippen LogP contribution in [0.5, 0.6) is 0 Å². The van der Waals surface area contributed by atoms with Crippen LogP contribution in [0.25, 0.3) is 0 Å². The summed E-state index contributed by atoms with van der Waals surface area (Å²) in [6, 6.07) is 0. The highest BCUT2D eigenvalue weighted by atomic mass is 31.2. The largest absolute Gasteiger partial charge is 0.472 e.